The summed E-state index contributed by atoms with van der Waals surface area (Å²) in [7, 11) is 0. The van der Waals surface area contributed by atoms with Gasteiger partial charge in [-0.3, -0.25) is 19.2 Å². The number of ether oxygens (including phenoxy) is 3. The molecule has 0 aliphatic heterocycles. The fraction of sp³-hybridized carbons (Fsp3) is 0.733. The maximum atomic E-state index is 11.8. The zero-order valence-corrected chi connectivity index (χ0v) is 13.2. The second-order valence-electron chi connectivity index (χ2n) is 5.46. The van der Waals surface area contributed by atoms with Crippen molar-refractivity contribution in [2.24, 2.45) is 0 Å². The standard InChI is InChI=1S/C15H22O7/c1-11(17)20-14(10-16)8-6-4-5-7-9-15(14,21-12(2)18)22-13(3)19/h10H,4-9H2,1-3H3. The van der Waals surface area contributed by atoms with Gasteiger partial charge >= 0.3 is 23.7 Å². The van der Waals surface area contributed by atoms with Gasteiger partial charge in [0, 0.05) is 33.6 Å². The van der Waals surface area contributed by atoms with Crippen molar-refractivity contribution < 1.29 is 33.4 Å². The van der Waals surface area contributed by atoms with Crippen LogP contribution in [0.1, 0.15) is 59.3 Å². The average Bonchev–Trinajstić information content (AvgIpc) is 2.37. The van der Waals surface area contributed by atoms with Crippen molar-refractivity contribution in [1.29, 1.82) is 0 Å². The first-order valence-electron chi connectivity index (χ1n) is 7.32. The van der Waals surface area contributed by atoms with E-state index in [4.69, 9.17) is 14.2 Å². The molecule has 1 aliphatic carbocycles. The van der Waals surface area contributed by atoms with Gasteiger partial charge < -0.3 is 14.2 Å². The molecule has 124 valence electrons. The third-order valence-corrected chi connectivity index (χ3v) is 3.58. The van der Waals surface area contributed by atoms with Crippen LogP contribution in [-0.2, 0) is 33.4 Å². The molecule has 0 aromatic heterocycles. The van der Waals surface area contributed by atoms with E-state index in [-0.39, 0.29) is 12.8 Å². The van der Waals surface area contributed by atoms with Crippen molar-refractivity contribution in [3.05, 3.63) is 0 Å². The smallest absolute Gasteiger partial charge is 0.306 e. The monoisotopic (exact) mass is 314 g/mol. The molecule has 0 aromatic rings. The first-order chi connectivity index (χ1) is 10.3. The average molecular weight is 314 g/mol. The van der Waals surface area contributed by atoms with Crippen LogP contribution in [0.3, 0.4) is 0 Å². The first-order valence-corrected chi connectivity index (χ1v) is 7.32. The lowest BCUT2D eigenvalue weighted by Gasteiger charge is -2.44. The second kappa shape index (κ2) is 7.38. The fourth-order valence-corrected chi connectivity index (χ4v) is 2.82. The maximum absolute atomic E-state index is 11.8. The first kappa shape index (κ1) is 18.1. The van der Waals surface area contributed by atoms with Gasteiger partial charge in [-0.25, -0.2) is 0 Å². The van der Waals surface area contributed by atoms with Crippen LogP contribution in [0, 0.1) is 0 Å². The normalized spacial score (nSPS) is 24.3. The van der Waals surface area contributed by atoms with Crippen LogP contribution in [0.25, 0.3) is 0 Å². The van der Waals surface area contributed by atoms with Crippen molar-refractivity contribution >= 4 is 24.2 Å². The predicted molar refractivity (Wildman–Crippen MR) is 74.5 cm³/mol. The summed E-state index contributed by atoms with van der Waals surface area (Å²) >= 11 is 0. The SMILES string of the molecule is CC(=O)OC1(C=O)CCCCCCC1(OC(C)=O)OC(C)=O. The lowest BCUT2D eigenvalue weighted by molar-refractivity contribution is -0.291. The molecule has 0 N–H and O–H groups in total. The zero-order chi connectivity index (χ0) is 16.8. The molecule has 1 saturated carbocycles. The molecule has 7 nitrogen and oxygen atoms in total. The van der Waals surface area contributed by atoms with Gasteiger partial charge in [0.15, 0.2) is 6.29 Å². The number of esters is 3. The summed E-state index contributed by atoms with van der Waals surface area (Å²) in [5.74, 6) is -4.07. The van der Waals surface area contributed by atoms with Crippen LogP contribution in [0.5, 0.6) is 0 Å². The van der Waals surface area contributed by atoms with Crippen LogP contribution >= 0.6 is 0 Å². The van der Waals surface area contributed by atoms with E-state index in [0.29, 0.717) is 19.1 Å². The highest BCUT2D eigenvalue weighted by Gasteiger charge is 2.60. The Morgan fingerprint density at radius 1 is 0.773 bits per heavy atom. The molecule has 1 rings (SSSR count). The van der Waals surface area contributed by atoms with Crippen molar-refractivity contribution in [3.8, 4) is 0 Å². The van der Waals surface area contributed by atoms with Gasteiger partial charge in [-0.2, -0.15) is 0 Å². The van der Waals surface area contributed by atoms with Gasteiger partial charge in [0.1, 0.15) is 0 Å². The summed E-state index contributed by atoms with van der Waals surface area (Å²) in [4.78, 5) is 46.3. The van der Waals surface area contributed by atoms with Crippen LogP contribution in [0.15, 0.2) is 0 Å². The van der Waals surface area contributed by atoms with Crippen molar-refractivity contribution in [1.82, 2.24) is 0 Å². The number of aldehydes is 1. The van der Waals surface area contributed by atoms with Crippen molar-refractivity contribution in [2.45, 2.75) is 70.7 Å². The molecular weight excluding hydrogens is 292 g/mol. The lowest BCUT2D eigenvalue weighted by Crippen LogP contribution is -2.62. The minimum atomic E-state index is -1.92. The zero-order valence-electron chi connectivity index (χ0n) is 13.2. The molecule has 1 atom stereocenters. The minimum Gasteiger partial charge on any atom is -0.443 e. The van der Waals surface area contributed by atoms with Crippen LogP contribution in [0.4, 0.5) is 0 Å². The Morgan fingerprint density at radius 2 is 1.23 bits per heavy atom. The van der Waals surface area contributed by atoms with Gasteiger partial charge in [0.25, 0.3) is 0 Å². The van der Waals surface area contributed by atoms with E-state index >= 15 is 0 Å². The van der Waals surface area contributed by atoms with Crippen molar-refractivity contribution in [3.63, 3.8) is 0 Å². The van der Waals surface area contributed by atoms with Gasteiger partial charge in [0.05, 0.1) is 0 Å². The molecule has 0 spiro atoms. The topological polar surface area (TPSA) is 96.0 Å². The molecule has 0 aromatic carbocycles. The Balaban J connectivity index is 3.40. The maximum Gasteiger partial charge on any atom is 0.306 e. The van der Waals surface area contributed by atoms with E-state index in [2.05, 4.69) is 0 Å². The summed E-state index contributed by atoms with van der Waals surface area (Å²) in [6.45, 7) is 3.44. The van der Waals surface area contributed by atoms with E-state index < -0.39 is 29.3 Å². The Kier molecular flexibility index (Phi) is 6.08. The Labute approximate surface area is 129 Å². The van der Waals surface area contributed by atoms with E-state index in [1.807, 2.05) is 0 Å². The molecule has 7 heteroatoms. The van der Waals surface area contributed by atoms with Crippen LogP contribution in [-0.4, -0.2) is 35.6 Å². The molecule has 1 aliphatic rings. The summed E-state index contributed by atoms with van der Waals surface area (Å²) < 4.78 is 15.7. The molecule has 1 unspecified atom stereocenters. The molecule has 0 saturated heterocycles. The second-order valence-corrected chi connectivity index (χ2v) is 5.46. The largest absolute Gasteiger partial charge is 0.443 e. The van der Waals surface area contributed by atoms with Gasteiger partial charge in [-0.05, 0) is 12.8 Å². The molecular formula is C15H22O7. The number of hydrogen-bond donors (Lipinski definition) is 0. The summed E-state index contributed by atoms with van der Waals surface area (Å²) in [5, 5.41) is 0. The van der Waals surface area contributed by atoms with Crippen LogP contribution < -0.4 is 0 Å². The Bertz CT molecular complexity index is 441. The lowest BCUT2D eigenvalue weighted by atomic mass is 9.81. The number of rotatable bonds is 4. The molecule has 0 amide bonds. The van der Waals surface area contributed by atoms with Crippen molar-refractivity contribution in [2.75, 3.05) is 0 Å². The molecule has 1 fully saturated rings. The summed E-state index contributed by atoms with van der Waals surface area (Å²) in [6.07, 6.45) is 3.44. The molecule has 0 heterocycles. The third kappa shape index (κ3) is 4.05. The summed E-state index contributed by atoms with van der Waals surface area (Å²) in [6, 6.07) is 0. The predicted octanol–water partition coefficient (Wildman–Crippen LogP) is 1.66. The Hall–Kier alpha value is -1.92. The molecule has 0 radical (unpaired) electrons. The highest BCUT2D eigenvalue weighted by Crippen LogP contribution is 2.41. The van der Waals surface area contributed by atoms with E-state index in [0.717, 1.165) is 33.6 Å². The van der Waals surface area contributed by atoms with Gasteiger partial charge in [-0.1, -0.05) is 12.8 Å². The van der Waals surface area contributed by atoms with Gasteiger partial charge in [0.2, 0.25) is 5.60 Å². The Morgan fingerprint density at radius 3 is 1.64 bits per heavy atom. The minimum absolute atomic E-state index is 0.0954. The quantitative estimate of drug-likeness (QED) is 0.442. The van der Waals surface area contributed by atoms with E-state index in [9.17, 15) is 19.2 Å². The van der Waals surface area contributed by atoms with E-state index in [1.165, 1.54) is 0 Å². The van der Waals surface area contributed by atoms with Gasteiger partial charge in [-0.15, -0.1) is 0 Å². The molecule has 0 bridgehead atoms. The molecule has 22 heavy (non-hydrogen) atoms. The fourth-order valence-electron chi connectivity index (χ4n) is 2.82. The van der Waals surface area contributed by atoms with Crippen LogP contribution in [0.2, 0.25) is 0 Å². The number of carbonyl (C=O) groups is 4. The highest BCUT2D eigenvalue weighted by molar-refractivity contribution is 5.76. The number of hydrogen-bond acceptors (Lipinski definition) is 7. The number of carbonyl (C=O) groups excluding carboxylic acids is 4. The summed E-state index contributed by atoms with van der Waals surface area (Å²) in [5.41, 5.74) is -1.82. The third-order valence-electron chi connectivity index (χ3n) is 3.58. The van der Waals surface area contributed by atoms with E-state index in [1.54, 1.807) is 0 Å². The highest BCUT2D eigenvalue weighted by atomic mass is 16.8.